The van der Waals surface area contributed by atoms with Crippen molar-refractivity contribution in [3.05, 3.63) is 95.6 Å². The van der Waals surface area contributed by atoms with Crippen molar-refractivity contribution in [2.45, 2.75) is 20.5 Å². The SMILES string of the molecule is Cc1ccc(N2C(=O)NC(=O)/C(=C\c3cc(I)c(OCc4ccccc4)c(I)c3)C2=O)cc1C. The van der Waals surface area contributed by atoms with Gasteiger partial charge in [-0.25, -0.2) is 9.69 Å². The number of carbonyl (C=O) groups excluding carboxylic acids is 3. The smallest absolute Gasteiger partial charge is 0.335 e. The maximum absolute atomic E-state index is 13.2. The second-order valence-corrected chi connectivity index (χ2v) is 10.1. The molecule has 3 aromatic rings. The van der Waals surface area contributed by atoms with Gasteiger partial charge < -0.3 is 4.74 Å². The van der Waals surface area contributed by atoms with Gasteiger partial charge in [0.2, 0.25) is 0 Å². The Morgan fingerprint density at radius 2 is 1.59 bits per heavy atom. The van der Waals surface area contributed by atoms with Crippen LogP contribution in [0.25, 0.3) is 6.08 Å². The van der Waals surface area contributed by atoms with E-state index in [2.05, 4.69) is 50.5 Å². The van der Waals surface area contributed by atoms with Gasteiger partial charge in [-0.2, -0.15) is 0 Å². The summed E-state index contributed by atoms with van der Waals surface area (Å²) in [5, 5.41) is 2.27. The van der Waals surface area contributed by atoms with E-state index in [1.165, 1.54) is 6.08 Å². The van der Waals surface area contributed by atoms with Crippen molar-refractivity contribution in [1.82, 2.24) is 5.32 Å². The molecule has 8 heteroatoms. The Morgan fingerprint density at radius 1 is 0.912 bits per heavy atom. The summed E-state index contributed by atoms with van der Waals surface area (Å²) in [5.74, 6) is -0.644. The Labute approximate surface area is 224 Å². The Morgan fingerprint density at radius 3 is 2.24 bits per heavy atom. The number of amides is 4. The molecular formula is C26H20I2N2O4. The first-order chi connectivity index (χ1) is 16.2. The molecule has 4 rings (SSSR count). The van der Waals surface area contributed by atoms with Crippen molar-refractivity contribution in [1.29, 1.82) is 0 Å². The van der Waals surface area contributed by atoms with Crippen LogP contribution in [0, 0.1) is 21.0 Å². The molecule has 0 radical (unpaired) electrons. The van der Waals surface area contributed by atoms with Crippen LogP contribution >= 0.6 is 45.2 Å². The fraction of sp³-hybridized carbons (Fsp3) is 0.115. The van der Waals surface area contributed by atoms with Gasteiger partial charge >= 0.3 is 6.03 Å². The average Bonchev–Trinajstić information content (AvgIpc) is 2.79. The van der Waals surface area contributed by atoms with Crippen LogP contribution in [-0.2, 0) is 16.2 Å². The molecule has 0 saturated carbocycles. The second-order valence-electron chi connectivity index (χ2n) is 7.81. The Balaban J connectivity index is 1.63. The van der Waals surface area contributed by atoms with Crippen LogP contribution in [-0.4, -0.2) is 17.8 Å². The first-order valence-corrected chi connectivity index (χ1v) is 12.5. The minimum absolute atomic E-state index is 0.109. The molecule has 0 spiro atoms. The van der Waals surface area contributed by atoms with Crippen molar-refractivity contribution < 1.29 is 19.1 Å². The third kappa shape index (κ3) is 5.17. The number of carbonyl (C=O) groups is 3. The molecule has 1 aliphatic rings. The number of anilines is 1. The van der Waals surface area contributed by atoms with E-state index in [9.17, 15) is 14.4 Å². The highest BCUT2D eigenvalue weighted by Crippen LogP contribution is 2.31. The minimum atomic E-state index is -0.760. The van der Waals surface area contributed by atoms with Gasteiger partial charge in [0.05, 0.1) is 12.8 Å². The van der Waals surface area contributed by atoms with Crippen molar-refractivity contribution >= 4 is 74.8 Å². The molecule has 6 nitrogen and oxygen atoms in total. The number of hydrogen-bond donors (Lipinski definition) is 1. The maximum atomic E-state index is 13.2. The fourth-order valence-electron chi connectivity index (χ4n) is 3.45. The molecule has 0 bridgehead atoms. The number of ether oxygens (including phenoxy) is 1. The number of aryl methyl sites for hydroxylation is 2. The highest BCUT2D eigenvalue weighted by molar-refractivity contribution is 14.1. The molecule has 1 heterocycles. The summed E-state index contributed by atoms with van der Waals surface area (Å²) in [6.07, 6.45) is 1.50. The van der Waals surface area contributed by atoms with Gasteiger partial charge in [0.1, 0.15) is 17.9 Å². The molecule has 172 valence electrons. The summed E-state index contributed by atoms with van der Waals surface area (Å²) in [4.78, 5) is 39.2. The predicted octanol–water partition coefficient (Wildman–Crippen LogP) is 5.76. The molecule has 4 amide bonds. The molecule has 1 N–H and O–H groups in total. The lowest BCUT2D eigenvalue weighted by atomic mass is 10.1. The molecule has 0 atom stereocenters. The van der Waals surface area contributed by atoms with Crippen molar-refractivity contribution in [2.24, 2.45) is 0 Å². The fourth-order valence-corrected chi connectivity index (χ4v) is 5.58. The molecule has 0 aliphatic carbocycles. The number of barbiturate groups is 1. The van der Waals surface area contributed by atoms with E-state index in [0.717, 1.165) is 34.5 Å². The number of halogens is 2. The largest absolute Gasteiger partial charge is 0.487 e. The normalized spacial score (nSPS) is 15.0. The van der Waals surface area contributed by atoms with Gasteiger partial charge in [-0.05, 0) is 112 Å². The van der Waals surface area contributed by atoms with Gasteiger partial charge in [0.25, 0.3) is 11.8 Å². The van der Waals surface area contributed by atoms with Crippen molar-refractivity contribution in [3.8, 4) is 5.75 Å². The summed E-state index contributed by atoms with van der Waals surface area (Å²) in [5.41, 5.74) is 4.00. The quantitative estimate of drug-likeness (QED) is 0.212. The molecule has 1 fully saturated rings. The zero-order valence-electron chi connectivity index (χ0n) is 18.4. The summed E-state index contributed by atoms with van der Waals surface area (Å²) in [7, 11) is 0. The number of hydrogen-bond acceptors (Lipinski definition) is 4. The third-order valence-corrected chi connectivity index (χ3v) is 7.01. The van der Waals surface area contributed by atoms with Crippen LogP contribution in [0.5, 0.6) is 5.75 Å². The maximum Gasteiger partial charge on any atom is 0.335 e. The van der Waals surface area contributed by atoms with E-state index >= 15 is 0 Å². The van der Waals surface area contributed by atoms with Crippen LogP contribution in [0.4, 0.5) is 10.5 Å². The highest BCUT2D eigenvalue weighted by Gasteiger charge is 2.37. The zero-order valence-corrected chi connectivity index (χ0v) is 22.7. The summed E-state index contributed by atoms with van der Waals surface area (Å²) in [6.45, 7) is 4.28. The number of rotatable bonds is 5. The zero-order chi connectivity index (χ0) is 24.4. The van der Waals surface area contributed by atoms with Gasteiger partial charge in [-0.1, -0.05) is 36.4 Å². The van der Waals surface area contributed by atoms with E-state index in [4.69, 9.17) is 4.74 Å². The lowest BCUT2D eigenvalue weighted by Gasteiger charge is -2.27. The van der Waals surface area contributed by atoms with E-state index < -0.39 is 17.8 Å². The lowest BCUT2D eigenvalue weighted by molar-refractivity contribution is -0.122. The first kappa shape index (κ1) is 24.4. The number of urea groups is 1. The average molecular weight is 678 g/mol. The summed E-state index contributed by atoms with van der Waals surface area (Å²) in [6, 6.07) is 18.1. The number of imide groups is 2. The van der Waals surface area contributed by atoms with Crippen LogP contribution < -0.4 is 15.0 Å². The number of benzene rings is 3. The van der Waals surface area contributed by atoms with Crippen molar-refractivity contribution in [3.63, 3.8) is 0 Å². The highest BCUT2D eigenvalue weighted by atomic mass is 127. The predicted molar refractivity (Wildman–Crippen MR) is 148 cm³/mol. The molecule has 0 aromatic heterocycles. The first-order valence-electron chi connectivity index (χ1n) is 10.4. The van der Waals surface area contributed by atoms with Crippen LogP contribution in [0.15, 0.2) is 66.2 Å². The molecular weight excluding hydrogens is 658 g/mol. The second kappa shape index (κ2) is 10.3. The summed E-state index contributed by atoms with van der Waals surface area (Å²) >= 11 is 4.35. The molecule has 34 heavy (non-hydrogen) atoms. The third-order valence-electron chi connectivity index (χ3n) is 5.41. The van der Waals surface area contributed by atoms with Crippen LogP contribution in [0.3, 0.4) is 0 Å². The van der Waals surface area contributed by atoms with E-state index in [-0.39, 0.29) is 5.57 Å². The number of nitrogens with zero attached hydrogens (tertiary/aromatic N) is 1. The summed E-state index contributed by atoms with van der Waals surface area (Å²) < 4.78 is 7.71. The van der Waals surface area contributed by atoms with E-state index in [1.54, 1.807) is 12.1 Å². The monoisotopic (exact) mass is 678 g/mol. The van der Waals surface area contributed by atoms with Gasteiger partial charge in [-0.3, -0.25) is 14.9 Å². The van der Waals surface area contributed by atoms with Gasteiger partial charge in [0, 0.05) is 0 Å². The van der Waals surface area contributed by atoms with E-state index in [0.29, 0.717) is 17.9 Å². The van der Waals surface area contributed by atoms with Crippen molar-refractivity contribution in [2.75, 3.05) is 4.90 Å². The van der Waals surface area contributed by atoms with Gasteiger partial charge in [0.15, 0.2) is 0 Å². The van der Waals surface area contributed by atoms with E-state index in [1.807, 2.05) is 62.4 Å². The Bertz CT molecular complexity index is 1310. The molecule has 1 aliphatic heterocycles. The minimum Gasteiger partial charge on any atom is -0.487 e. The molecule has 0 unspecified atom stereocenters. The topological polar surface area (TPSA) is 75.7 Å². The van der Waals surface area contributed by atoms with Crippen LogP contribution in [0.1, 0.15) is 22.3 Å². The Kier molecular flexibility index (Phi) is 7.36. The van der Waals surface area contributed by atoms with Crippen LogP contribution in [0.2, 0.25) is 0 Å². The standard InChI is InChI=1S/C26H20I2N2O4/c1-15-8-9-19(10-16(15)2)30-25(32)20(24(31)29-26(30)33)11-18-12-21(27)23(22(28)13-18)34-14-17-6-4-3-5-7-17/h3-13H,14H2,1-2H3,(H,29,31,33)/b20-11+. The molecule has 3 aromatic carbocycles. The number of nitrogens with one attached hydrogen (secondary N) is 1. The molecule has 1 saturated heterocycles. The van der Waals surface area contributed by atoms with Gasteiger partial charge in [-0.15, -0.1) is 0 Å². The Hall–Kier alpha value is -2.73. The lowest BCUT2D eigenvalue weighted by Crippen LogP contribution is -2.54.